The molecule has 1 heterocycles. The lowest BCUT2D eigenvalue weighted by Gasteiger charge is -2.35. The Morgan fingerprint density at radius 2 is 1.57 bits per heavy atom. The van der Waals surface area contributed by atoms with Gasteiger partial charge in [0, 0.05) is 10.5 Å². The maximum absolute atomic E-state index is 13.0. The van der Waals surface area contributed by atoms with Gasteiger partial charge in [0.25, 0.3) is 10.0 Å². The van der Waals surface area contributed by atoms with Crippen LogP contribution >= 0.6 is 15.9 Å². The maximum Gasteiger partial charge on any atom is 0.263 e. The van der Waals surface area contributed by atoms with E-state index in [4.69, 9.17) is 4.98 Å². The Kier molecular flexibility index (Phi) is 5.97. The lowest BCUT2D eigenvalue weighted by molar-refractivity contribution is 0.253. The van der Waals surface area contributed by atoms with Gasteiger partial charge in [0.2, 0.25) is 0 Å². The van der Waals surface area contributed by atoms with Crippen LogP contribution in [0.3, 0.4) is 0 Å². The second-order valence-electron chi connectivity index (χ2n) is 7.99. The van der Waals surface area contributed by atoms with Gasteiger partial charge in [0.15, 0.2) is 11.6 Å². The third kappa shape index (κ3) is 4.44. The fourth-order valence-corrected chi connectivity index (χ4v) is 5.21. The minimum Gasteiger partial charge on any atom is -0.364 e. The molecular formula is C22H25BrN4O2S. The van der Waals surface area contributed by atoms with Gasteiger partial charge in [-0.05, 0) is 54.7 Å². The van der Waals surface area contributed by atoms with Crippen molar-refractivity contribution in [3.8, 4) is 0 Å². The monoisotopic (exact) mass is 488 g/mol. The maximum atomic E-state index is 13.0. The number of nitrogens with zero attached hydrogens (tertiary/aromatic N) is 2. The van der Waals surface area contributed by atoms with E-state index in [0.717, 1.165) is 22.8 Å². The van der Waals surface area contributed by atoms with Crippen molar-refractivity contribution in [2.75, 3.05) is 10.0 Å². The number of sulfonamides is 1. The highest BCUT2D eigenvalue weighted by Gasteiger charge is 2.29. The van der Waals surface area contributed by atoms with Gasteiger partial charge in [-0.15, -0.1) is 0 Å². The Morgan fingerprint density at radius 3 is 2.23 bits per heavy atom. The number of rotatable bonds is 5. The van der Waals surface area contributed by atoms with Crippen LogP contribution in [0, 0.1) is 11.8 Å². The van der Waals surface area contributed by atoms with E-state index < -0.39 is 10.0 Å². The van der Waals surface area contributed by atoms with Crippen LogP contribution in [0.1, 0.15) is 33.1 Å². The van der Waals surface area contributed by atoms with Crippen LogP contribution in [-0.4, -0.2) is 24.4 Å². The molecule has 0 aliphatic heterocycles. The molecule has 0 amide bonds. The van der Waals surface area contributed by atoms with Gasteiger partial charge in [-0.2, -0.15) is 0 Å². The molecule has 1 saturated carbocycles. The summed E-state index contributed by atoms with van der Waals surface area (Å²) in [5.41, 5.74) is 1.37. The van der Waals surface area contributed by atoms with Crippen molar-refractivity contribution < 1.29 is 8.42 Å². The molecule has 1 aromatic heterocycles. The number of hydrogen-bond acceptors (Lipinski definition) is 5. The molecular weight excluding hydrogens is 464 g/mol. The fraction of sp³-hybridized carbons (Fsp3) is 0.364. The second kappa shape index (κ2) is 8.51. The molecule has 3 aromatic rings. The summed E-state index contributed by atoms with van der Waals surface area (Å²) in [4.78, 5) is 9.47. The number of fused-ring (bicyclic) bond motifs is 1. The molecule has 0 spiro atoms. The first-order valence-electron chi connectivity index (χ1n) is 10.2. The van der Waals surface area contributed by atoms with Crippen LogP contribution in [0.4, 0.5) is 11.6 Å². The van der Waals surface area contributed by atoms with Crippen LogP contribution in [0.2, 0.25) is 0 Å². The van der Waals surface area contributed by atoms with E-state index in [9.17, 15) is 8.42 Å². The molecule has 1 aliphatic rings. The van der Waals surface area contributed by atoms with Crippen molar-refractivity contribution >= 4 is 48.6 Å². The molecule has 1 fully saturated rings. The van der Waals surface area contributed by atoms with Gasteiger partial charge in [0.1, 0.15) is 0 Å². The van der Waals surface area contributed by atoms with Crippen molar-refractivity contribution in [1.82, 2.24) is 9.97 Å². The highest BCUT2D eigenvalue weighted by atomic mass is 79.9. The number of para-hydroxylation sites is 2. The topological polar surface area (TPSA) is 84.0 Å². The van der Waals surface area contributed by atoms with Gasteiger partial charge in [-0.3, -0.25) is 4.72 Å². The Bertz CT molecular complexity index is 1150. The summed E-state index contributed by atoms with van der Waals surface area (Å²) in [6.07, 6.45) is 3.38. The van der Waals surface area contributed by atoms with E-state index in [1.165, 1.54) is 6.42 Å². The first kappa shape index (κ1) is 21.1. The van der Waals surface area contributed by atoms with Crippen molar-refractivity contribution in [2.24, 2.45) is 11.8 Å². The van der Waals surface area contributed by atoms with Crippen LogP contribution in [-0.2, 0) is 10.0 Å². The zero-order chi connectivity index (χ0) is 21.3. The van der Waals surface area contributed by atoms with Crippen LogP contribution in [0.15, 0.2) is 57.9 Å². The summed E-state index contributed by atoms with van der Waals surface area (Å²) in [6, 6.07) is 14.2. The zero-order valence-corrected chi connectivity index (χ0v) is 19.4. The largest absolute Gasteiger partial charge is 0.364 e. The second-order valence-corrected chi connectivity index (χ2v) is 10.6. The summed E-state index contributed by atoms with van der Waals surface area (Å²) in [6.45, 7) is 4.50. The number of hydrogen-bond donors (Lipinski definition) is 2. The summed E-state index contributed by atoms with van der Waals surface area (Å²) in [5.74, 6) is 1.76. The minimum absolute atomic E-state index is 0.172. The number of halogens is 1. The Balaban J connectivity index is 1.72. The average Bonchev–Trinajstić information content (AvgIpc) is 2.72. The van der Waals surface area contributed by atoms with Crippen LogP contribution in [0.5, 0.6) is 0 Å². The third-order valence-electron chi connectivity index (χ3n) is 5.95. The predicted octanol–water partition coefficient (Wildman–Crippen LogP) is 5.43. The first-order valence-corrected chi connectivity index (χ1v) is 12.4. The average molecular weight is 489 g/mol. The zero-order valence-electron chi connectivity index (χ0n) is 17.0. The minimum atomic E-state index is -3.80. The quantitative estimate of drug-likeness (QED) is 0.500. The Morgan fingerprint density at radius 1 is 0.933 bits per heavy atom. The van der Waals surface area contributed by atoms with Crippen molar-refractivity contribution in [2.45, 2.75) is 44.0 Å². The molecule has 0 bridgehead atoms. The molecule has 158 valence electrons. The van der Waals surface area contributed by atoms with Gasteiger partial charge in [-0.25, -0.2) is 18.4 Å². The first-order chi connectivity index (χ1) is 14.3. The molecule has 3 atom stereocenters. The van der Waals surface area contributed by atoms with E-state index in [0.29, 0.717) is 23.2 Å². The van der Waals surface area contributed by atoms with Gasteiger partial charge in [0.05, 0.1) is 15.9 Å². The Hall–Kier alpha value is -2.19. The normalized spacial score (nSPS) is 22.0. The van der Waals surface area contributed by atoms with E-state index in [-0.39, 0.29) is 16.8 Å². The van der Waals surface area contributed by atoms with Crippen LogP contribution in [0.25, 0.3) is 11.0 Å². The molecule has 0 radical (unpaired) electrons. The highest BCUT2D eigenvalue weighted by molar-refractivity contribution is 9.10. The summed E-state index contributed by atoms with van der Waals surface area (Å²) >= 11 is 3.34. The standard InChI is InChI=1S/C22H25BrN4O2S/c1-14-6-5-9-18(15(14)2)24-21-22(26-20-8-4-3-7-19(20)25-21)27-30(28,29)17-12-10-16(23)11-13-17/h3-4,7-8,10-15,18H,5-6,9H2,1-2H3,(H,24,25)(H,26,27). The Labute approximate surface area is 185 Å². The summed E-state index contributed by atoms with van der Waals surface area (Å²) in [7, 11) is -3.80. The molecule has 4 rings (SSSR count). The van der Waals surface area contributed by atoms with E-state index in [2.05, 4.69) is 44.8 Å². The molecule has 6 nitrogen and oxygen atoms in total. The van der Waals surface area contributed by atoms with E-state index >= 15 is 0 Å². The molecule has 2 N–H and O–H groups in total. The van der Waals surface area contributed by atoms with Crippen LogP contribution < -0.4 is 10.0 Å². The van der Waals surface area contributed by atoms with Gasteiger partial charge < -0.3 is 5.32 Å². The van der Waals surface area contributed by atoms with Crippen molar-refractivity contribution in [1.29, 1.82) is 0 Å². The number of anilines is 2. The molecule has 1 aliphatic carbocycles. The smallest absolute Gasteiger partial charge is 0.263 e. The third-order valence-corrected chi connectivity index (χ3v) is 7.84. The van der Waals surface area contributed by atoms with Crippen molar-refractivity contribution in [3.05, 3.63) is 53.0 Å². The summed E-state index contributed by atoms with van der Waals surface area (Å²) < 4.78 is 29.4. The van der Waals surface area contributed by atoms with E-state index in [1.54, 1.807) is 24.3 Å². The molecule has 3 unspecified atom stereocenters. The molecule has 0 saturated heterocycles. The molecule has 8 heteroatoms. The van der Waals surface area contributed by atoms with Gasteiger partial charge >= 0.3 is 0 Å². The fourth-order valence-electron chi connectivity index (χ4n) is 3.93. The highest BCUT2D eigenvalue weighted by Crippen LogP contribution is 2.33. The predicted molar refractivity (Wildman–Crippen MR) is 124 cm³/mol. The van der Waals surface area contributed by atoms with Gasteiger partial charge in [-0.1, -0.05) is 54.8 Å². The lowest BCUT2D eigenvalue weighted by Crippen LogP contribution is -2.35. The summed E-state index contributed by atoms with van der Waals surface area (Å²) in [5, 5.41) is 3.50. The lowest BCUT2D eigenvalue weighted by atomic mass is 9.78. The molecule has 2 aromatic carbocycles. The number of benzene rings is 2. The number of nitrogens with one attached hydrogen (secondary N) is 2. The number of aromatic nitrogens is 2. The van der Waals surface area contributed by atoms with E-state index in [1.807, 2.05) is 24.3 Å². The molecule has 30 heavy (non-hydrogen) atoms. The van der Waals surface area contributed by atoms with Crippen molar-refractivity contribution in [3.63, 3.8) is 0 Å². The SMILES string of the molecule is CC1CCCC(Nc2nc3ccccc3nc2NS(=O)(=O)c2ccc(Br)cc2)C1C.